The minimum absolute atomic E-state index is 0.420. The smallest absolute Gasteiger partial charge is 0.0375 e. The van der Waals surface area contributed by atoms with E-state index in [-0.39, 0.29) is 0 Å². The molecule has 0 spiro atoms. The van der Waals surface area contributed by atoms with Crippen LogP contribution < -0.4 is 5.32 Å². The minimum atomic E-state index is 0.420. The summed E-state index contributed by atoms with van der Waals surface area (Å²) < 4.78 is 0. The quantitative estimate of drug-likeness (QED) is 0.740. The highest BCUT2D eigenvalue weighted by Crippen LogP contribution is 2.20. The van der Waals surface area contributed by atoms with Crippen LogP contribution in [0.15, 0.2) is 30.5 Å². The molecule has 0 aliphatic rings. The zero-order valence-electron chi connectivity index (χ0n) is 10.6. The van der Waals surface area contributed by atoms with Crippen LogP contribution in [-0.4, -0.2) is 11.5 Å². The van der Waals surface area contributed by atoms with Crippen molar-refractivity contribution in [1.29, 1.82) is 0 Å². The maximum absolute atomic E-state index is 4.23. The van der Waals surface area contributed by atoms with Crippen molar-refractivity contribution in [2.75, 3.05) is 6.54 Å². The van der Waals surface area contributed by atoms with Gasteiger partial charge in [-0.15, -0.1) is 6.58 Å². The first-order chi connectivity index (χ1) is 7.63. The molecular weight excluding hydrogens is 196 g/mol. The fourth-order valence-electron chi connectivity index (χ4n) is 1.81. The van der Waals surface area contributed by atoms with Gasteiger partial charge in [0.15, 0.2) is 0 Å². The molecule has 1 unspecified atom stereocenters. The van der Waals surface area contributed by atoms with Crippen molar-refractivity contribution < 1.29 is 0 Å². The molecule has 0 aliphatic heterocycles. The Labute approximate surface area is 98.8 Å². The first kappa shape index (κ1) is 12.9. The standard InChI is InChI=1S/C14H22N2/c1-5-15-14(7-6-11(2)3)13-8-9-16-12(4)10-13/h8-10,14-15H,2,5-7H2,1,3-4H3. The zero-order chi connectivity index (χ0) is 12.0. The summed E-state index contributed by atoms with van der Waals surface area (Å²) in [6.07, 6.45) is 4.06. The molecule has 1 aromatic heterocycles. The second kappa shape index (κ2) is 6.44. The van der Waals surface area contributed by atoms with E-state index in [9.17, 15) is 0 Å². The van der Waals surface area contributed by atoms with Crippen molar-refractivity contribution >= 4 is 0 Å². The molecule has 0 fully saturated rings. The van der Waals surface area contributed by atoms with Gasteiger partial charge in [0.05, 0.1) is 0 Å². The summed E-state index contributed by atoms with van der Waals surface area (Å²) in [5.41, 5.74) is 3.65. The molecular formula is C14H22N2. The van der Waals surface area contributed by atoms with E-state index in [1.54, 1.807) is 0 Å². The molecule has 2 nitrogen and oxygen atoms in total. The van der Waals surface area contributed by atoms with Crippen LogP contribution in [-0.2, 0) is 0 Å². The van der Waals surface area contributed by atoms with Gasteiger partial charge in [-0.3, -0.25) is 4.98 Å². The zero-order valence-corrected chi connectivity index (χ0v) is 10.6. The Kier molecular flexibility index (Phi) is 5.20. The molecule has 1 aromatic rings. The van der Waals surface area contributed by atoms with E-state index in [0.29, 0.717) is 6.04 Å². The summed E-state index contributed by atoms with van der Waals surface area (Å²) in [4.78, 5) is 4.23. The number of hydrogen-bond donors (Lipinski definition) is 1. The van der Waals surface area contributed by atoms with E-state index in [4.69, 9.17) is 0 Å². The van der Waals surface area contributed by atoms with Crippen LogP contribution in [0, 0.1) is 6.92 Å². The Morgan fingerprint density at radius 1 is 1.56 bits per heavy atom. The molecule has 88 valence electrons. The van der Waals surface area contributed by atoms with Crippen molar-refractivity contribution in [3.05, 3.63) is 41.7 Å². The lowest BCUT2D eigenvalue weighted by atomic mass is 10.0. The highest BCUT2D eigenvalue weighted by molar-refractivity contribution is 5.19. The van der Waals surface area contributed by atoms with Gasteiger partial charge >= 0.3 is 0 Å². The molecule has 0 radical (unpaired) electrons. The summed E-state index contributed by atoms with van der Waals surface area (Å²) in [5, 5.41) is 3.51. The van der Waals surface area contributed by atoms with E-state index in [1.807, 2.05) is 13.1 Å². The molecule has 0 bridgehead atoms. The van der Waals surface area contributed by atoms with E-state index in [1.165, 1.54) is 11.1 Å². The van der Waals surface area contributed by atoms with Crippen LogP contribution in [0.5, 0.6) is 0 Å². The number of aromatic nitrogens is 1. The van der Waals surface area contributed by atoms with Gasteiger partial charge in [-0.05, 0) is 50.9 Å². The summed E-state index contributed by atoms with van der Waals surface area (Å²) in [7, 11) is 0. The summed E-state index contributed by atoms with van der Waals surface area (Å²) >= 11 is 0. The predicted octanol–water partition coefficient (Wildman–Crippen LogP) is 3.40. The van der Waals surface area contributed by atoms with Gasteiger partial charge in [0.2, 0.25) is 0 Å². The Morgan fingerprint density at radius 3 is 2.88 bits per heavy atom. The SMILES string of the molecule is C=C(C)CCC(NCC)c1ccnc(C)c1. The average Bonchev–Trinajstić information content (AvgIpc) is 2.24. The van der Waals surface area contributed by atoms with Gasteiger partial charge in [-0.25, -0.2) is 0 Å². The Hall–Kier alpha value is -1.15. The fourth-order valence-corrected chi connectivity index (χ4v) is 1.81. The lowest BCUT2D eigenvalue weighted by Crippen LogP contribution is -2.21. The van der Waals surface area contributed by atoms with Crippen molar-refractivity contribution in [2.45, 2.75) is 39.7 Å². The van der Waals surface area contributed by atoms with E-state index in [0.717, 1.165) is 25.1 Å². The van der Waals surface area contributed by atoms with Crippen LogP contribution in [0.3, 0.4) is 0 Å². The van der Waals surface area contributed by atoms with Gasteiger partial charge in [-0.1, -0.05) is 12.5 Å². The Morgan fingerprint density at radius 2 is 2.31 bits per heavy atom. The van der Waals surface area contributed by atoms with Crippen LogP contribution >= 0.6 is 0 Å². The summed E-state index contributed by atoms with van der Waals surface area (Å²) in [6.45, 7) is 11.2. The van der Waals surface area contributed by atoms with Gasteiger partial charge in [0, 0.05) is 17.9 Å². The van der Waals surface area contributed by atoms with Crippen LogP contribution in [0.4, 0.5) is 0 Å². The number of allylic oxidation sites excluding steroid dienone is 1. The first-order valence-corrected chi connectivity index (χ1v) is 5.93. The molecule has 1 rings (SSSR count). The Bertz CT molecular complexity index is 344. The lowest BCUT2D eigenvalue weighted by Gasteiger charge is -2.18. The highest BCUT2D eigenvalue weighted by atomic mass is 14.9. The van der Waals surface area contributed by atoms with Crippen molar-refractivity contribution in [2.24, 2.45) is 0 Å². The normalized spacial score (nSPS) is 12.4. The third kappa shape index (κ3) is 4.15. The minimum Gasteiger partial charge on any atom is -0.310 e. The van der Waals surface area contributed by atoms with Crippen molar-refractivity contribution in [3.8, 4) is 0 Å². The van der Waals surface area contributed by atoms with Gasteiger partial charge < -0.3 is 5.32 Å². The molecule has 16 heavy (non-hydrogen) atoms. The lowest BCUT2D eigenvalue weighted by molar-refractivity contribution is 0.514. The van der Waals surface area contributed by atoms with E-state index < -0.39 is 0 Å². The van der Waals surface area contributed by atoms with Gasteiger partial charge in [-0.2, -0.15) is 0 Å². The topological polar surface area (TPSA) is 24.9 Å². The second-order valence-corrected chi connectivity index (χ2v) is 4.34. The number of rotatable bonds is 6. The summed E-state index contributed by atoms with van der Waals surface area (Å²) in [6, 6.07) is 4.67. The molecule has 0 saturated heterocycles. The molecule has 0 saturated carbocycles. The van der Waals surface area contributed by atoms with E-state index in [2.05, 4.69) is 42.9 Å². The predicted molar refractivity (Wildman–Crippen MR) is 69.4 cm³/mol. The van der Waals surface area contributed by atoms with Crippen molar-refractivity contribution in [1.82, 2.24) is 10.3 Å². The van der Waals surface area contributed by atoms with Gasteiger partial charge in [0.1, 0.15) is 0 Å². The second-order valence-electron chi connectivity index (χ2n) is 4.34. The maximum Gasteiger partial charge on any atom is 0.0375 e. The number of nitrogens with zero attached hydrogens (tertiary/aromatic N) is 1. The molecule has 1 N–H and O–H groups in total. The molecule has 0 amide bonds. The first-order valence-electron chi connectivity index (χ1n) is 5.93. The van der Waals surface area contributed by atoms with Crippen molar-refractivity contribution in [3.63, 3.8) is 0 Å². The number of hydrogen-bond acceptors (Lipinski definition) is 2. The summed E-state index contributed by atoms with van der Waals surface area (Å²) in [5.74, 6) is 0. The molecule has 2 heteroatoms. The van der Waals surface area contributed by atoms with E-state index >= 15 is 0 Å². The Balaban J connectivity index is 2.72. The highest BCUT2D eigenvalue weighted by Gasteiger charge is 2.10. The van der Waals surface area contributed by atoms with Crippen LogP contribution in [0.1, 0.15) is 44.0 Å². The number of pyridine rings is 1. The monoisotopic (exact) mass is 218 g/mol. The largest absolute Gasteiger partial charge is 0.310 e. The molecule has 1 atom stereocenters. The molecule has 0 aromatic carbocycles. The van der Waals surface area contributed by atoms with Crippen LogP contribution in [0.2, 0.25) is 0 Å². The fraction of sp³-hybridized carbons (Fsp3) is 0.500. The average molecular weight is 218 g/mol. The number of nitrogens with one attached hydrogen (secondary N) is 1. The third-order valence-corrected chi connectivity index (χ3v) is 2.63. The molecule has 1 heterocycles. The van der Waals surface area contributed by atoms with Gasteiger partial charge in [0.25, 0.3) is 0 Å². The number of aryl methyl sites for hydroxylation is 1. The molecule has 0 aliphatic carbocycles. The maximum atomic E-state index is 4.23. The third-order valence-electron chi connectivity index (χ3n) is 2.63. The van der Waals surface area contributed by atoms with Crippen LogP contribution in [0.25, 0.3) is 0 Å².